The van der Waals surface area contributed by atoms with Gasteiger partial charge in [-0.15, -0.1) is 0 Å². The number of rotatable bonds is 9. The molecule has 0 bridgehead atoms. The van der Waals surface area contributed by atoms with E-state index in [-0.39, 0.29) is 19.8 Å². The van der Waals surface area contributed by atoms with Crippen molar-refractivity contribution in [2.24, 2.45) is 5.73 Å². The number of carbonyl (C=O) groups is 2. The number of aromatic amines is 1. The Bertz CT molecular complexity index is 1340. The number of ether oxygens (including phenoxy) is 3. The number of imide groups is 1. The average molecular weight is 525 g/mol. The lowest BCUT2D eigenvalue weighted by Crippen LogP contribution is -2.48. The van der Waals surface area contributed by atoms with Crippen molar-refractivity contribution in [3.63, 3.8) is 0 Å². The minimum Gasteiger partial charge on any atom is -0.444 e. The van der Waals surface area contributed by atoms with Crippen molar-refractivity contribution in [3.05, 3.63) is 105 Å². The first-order chi connectivity index (χ1) is 18.4. The molecule has 0 aliphatic carbocycles. The van der Waals surface area contributed by atoms with Gasteiger partial charge in [-0.25, -0.2) is 14.5 Å². The molecule has 200 valence electrons. The molecule has 2 heterocycles. The molecule has 38 heavy (non-hydrogen) atoms. The summed E-state index contributed by atoms with van der Waals surface area (Å²) >= 11 is 0. The van der Waals surface area contributed by atoms with Gasteiger partial charge in [0.1, 0.15) is 24.9 Å². The lowest BCUT2D eigenvalue weighted by Gasteiger charge is -2.26. The van der Waals surface area contributed by atoms with Crippen molar-refractivity contribution in [3.8, 4) is 0 Å². The molecule has 0 unspecified atom stereocenters. The molecule has 12 heteroatoms. The molecule has 1 aliphatic heterocycles. The average Bonchev–Trinajstić information content (AvgIpc) is 3.24. The van der Waals surface area contributed by atoms with Crippen LogP contribution in [0, 0.1) is 0 Å². The van der Waals surface area contributed by atoms with Crippen LogP contribution in [0.3, 0.4) is 0 Å². The maximum atomic E-state index is 12.9. The highest BCUT2D eigenvalue weighted by molar-refractivity contribution is 5.93. The molecular formula is C26H28N4O8. The Balaban J connectivity index is 1.56. The molecule has 4 rings (SSSR count). The van der Waals surface area contributed by atoms with Gasteiger partial charge in [0.05, 0.1) is 19.7 Å². The van der Waals surface area contributed by atoms with Crippen LogP contribution in [0.2, 0.25) is 0 Å². The highest BCUT2D eigenvalue weighted by Crippen LogP contribution is 2.32. The van der Waals surface area contributed by atoms with E-state index in [4.69, 9.17) is 19.9 Å². The van der Waals surface area contributed by atoms with E-state index >= 15 is 0 Å². The second-order valence-corrected chi connectivity index (χ2v) is 8.58. The van der Waals surface area contributed by atoms with Crippen LogP contribution >= 0.6 is 0 Å². The highest BCUT2D eigenvalue weighted by atomic mass is 16.6. The van der Waals surface area contributed by atoms with Gasteiger partial charge in [-0.2, -0.15) is 0 Å². The number of aromatic nitrogens is 2. The molecule has 12 nitrogen and oxygen atoms in total. The Morgan fingerprint density at radius 2 is 1.63 bits per heavy atom. The summed E-state index contributed by atoms with van der Waals surface area (Å²) in [5, 5.41) is 11.1. The first kappa shape index (κ1) is 26.9. The van der Waals surface area contributed by atoms with Crippen molar-refractivity contribution >= 4 is 12.0 Å². The number of nitrogens with zero attached hydrogens (tertiary/aromatic N) is 2. The van der Waals surface area contributed by atoms with Crippen LogP contribution in [0.4, 0.5) is 4.79 Å². The van der Waals surface area contributed by atoms with E-state index < -0.39 is 54.3 Å². The van der Waals surface area contributed by atoms with Gasteiger partial charge in [0, 0.05) is 12.3 Å². The van der Waals surface area contributed by atoms with Crippen molar-refractivity contribution in [2.75, 3.05) is 13.1 Å². The standard InChI is InChI=1S/C26H28N4O8/c27-13-21(32)30(26(35)37-16-18-9-5-2-6-10-18)14-19-23(36-15-17-7-3-1-4-8-17)22(33)24(38-19)29-12-11-20(31)28-25(29)34/h1-12,19,22-24,33H,13-16,27H2,(H,28,31,34)/t19-,22-,23-,24-/m1/s1. The topological polar surface area (TPSA) is 166 Å². The molecule has 1 aliphatic rings. The van der Waals surface area contributed by atoms with E-state index in [1.807, 2.05) is 36.4 Å². The molecule has 1 fully saturated rings. The predicted octanol–water partition coefficient (Wildman–Crippen LogP) is 0.504. The van der Waals surface area contributed by atoms with Gasteiger partial charge in [-0.1, -0.05) is 60.7 Å². The predicted molar refractivity (Wildman–Crippen MR) is 134 cm³/mol. The summed E-state index contributed by atoms with van der Waals surface area (Å²) in [5.41, 5.74) is 5.64. The molecular weight excluding hydrogens is 496 g/mol. The molecule has 1 saturated heterocycles. The minimum atomic E-state index is -1.39. The van der Waals surface area contributed by atoms with Crippen molar-refractivity contribution in [2.45, 2.75) is 37.8 Å². The van der Waals surface area contributed by atoms with E-state index in [2.05, 4.69) is 4.98 Å². The quantitative estimate of drug-likeness (QED) is 0.361. The summed E-state index contributed by atoms with van der Waals surface area (Å²) < 4.78 is 18.2. The summed E-state index contributed by atoms with van der Waals surface area (Å²) in [6.45, 7) is -0.840. The minimum absolute atomic E-state index is 0.0779. The van der Waals surface area contributed by atoms with Crippen molar-refractivity contribution in [1.29, 1.82) is 0 Å². The second kappa shape index (κ2) is 12.4. The third-order valence-electron chi connectivity index (χ3n) is 5.98. The number of hydrogen-bond donors (Lipinski definition) is 3. The van der Waals surface area contributed by atoms with Crippen molar-refractivity contribution in [1.82, 2.24) is 14.5 Å². The number of benzene rings is 2. The van der Waals surface area contributed by atoms with E-state index in [1.165, 1.54) is 6.20 Å². The van der Waals surface area contributed by atoms with Gasteiger partial charge < -0.3 is 25.1 Å². The number of nitrogens with one attached hydrogen (secondary N) is 1. The van der Waals surface area contributed by atoms with Crippen molar-refractivity contribution < 1.29 is 28.9 Å². The zero-order chi connectivity index (χ0) is 27.1. The Labute approximate surface area is 217 Å². The Morgan fingerprint density at radius 3 is 2.24 bits per heavy atom. The molecule has 3 aromatic rings. The van der Waals surface area contributed by atoms with Crippen LogP contribution in [0.25, 0.3) is 0 Å². The maximum absolute atomic E-state index is 12.9. The zero-order valence-corrected chi connectivity index (χ0v) is 20.3. The molecule has 2 amide bonds. The summed E-state index contributed by atoms with van der Waals surface area (Å²) in [6.07, 6.45) is -4.54. The largest absolute Gasteiger partial charge is 0.444 e. The fourth-order valence-electron chi connectivity index (χ4n) is 4.06. The van der Waals surface area contributed by atoms with E-state index in [9.17, 15) is 24.3 Å². The fourth-order valence-corrected chi connectivity index (χ4v) is 4.06. The van der Waals surface area contributed by atoms with Crippen LogP contribution in [-0.4, -0.2) is 63.0 Å². The molecule has 2 aromatic carbocycles. The number of nitrogens with two attached hydrogens (primary N) is 1. The Morgan fingerprint density at radius 1 is 1.00 bits per heavy atom. The molecule has 4 N–H and O–H groups in total. The number of aliphatic hydroxyl groups excluding tert-OH is 1. The smallest absolute Gasteiger partial charge is 0.416 e. The lowest BCUT2D eigenvalue weighted by molar-refractivity contribution is -0.131. The molecule has 0 spiro atoms. The number of H-pyrrole nitrogens is 1. The van der Waals surface area contributed by atoms with Gasteiger partial charge in [0.25, 0.3) is 5.56 Å². The third-order valence-corrected chi connectivity index (χ3v) is 5.98. The fraction of sp³-hybridized carbons (Fsp3) is 0.308. The normalized spacial score (nSPS) is 20.7. The second-order valence-electron chi connectivity index (χ2n) is 8.58. The molecule has 0 radical (unpaired) electrons. The Hall–Kier alpha value is -4.10. The monoisotopic (exact) mass is 524 g/mol. The summed E-state index contributed by atoms with van der Waals surface area (Å²) in [4.78, 5) is 52.3. The molecule has 1 aromatic heterocycles. The summed E-state index contributed by atoms with van der Waals surface area (Å²) in [6, 6.07) is 19.2. The van der Waals surface area contributed by atoms with E-state index in [0.29, 0.717) is 0 Å². The van der Waals surface area contributed by atoms with E-state index in [0.717, 1.165) is 26.7 Å². The number of carbonyl (C=O) groups excluding carboxylic acids is 2. The van der Waals surface area contributed by atoms with Crippen LogP contribution < -0.4 is 17.0 Å². The van der Waals surface area contributed by atoms with Gasteiger partial charge in [0.2, 0.25) is 5.91 Å². The van der Waals surface area contributed by atoms with Gasteiger partial charge in [-0.3, -0.25) is 19.1 Å². The first-order valence-electron chi connectivity index (χ1n) is 11.9. The lowest BCUT2D eigenvalue weighted by atomic mass is 10.1. The van der Waals surface area contributed by atoms with E-state index in [1.54, 1.807) is 24.3 Å². The Kier molecular flexibility index (Phi) is 8.81. The van der Waals surface area contributed by atoms with Crippen LogP contribution in [-0.2, 0) is 32.2 Å². The maximum Gasteiger partial charge on any atom is 0.416 e. The first-order valence-corrected chi connectivity index (χ1v) is 11.9. The highest BCUT2D eigenvalue weighted by Gasteiger charge is 2.47. The van der Waals surface area contributed by atoms with Crippen LogP contribution in [0.15, 0.2) is 82.5 Å². The number of hydrogen-bond acceptors (Lipinski definition) is 9. The zero-order valence-electron chi connectivity index (χ0n) is 20.3. The van der Waals surface area contributed by atoms with Gasteiger partial charge in [0.15, 0.2) is 6.23 Å². The molecule has 4 atom stereocenters. The van der Waals surface area contributed by atoms with Gasteiger partial charge >= 0.3 is 11.8 Å². The number of amides is 2. The molecule has 0 saturated carbocycles. The van der Waals surface area contributed by atoms with Crippen LogP contribution in [0.5, 0.6) is 0 Å². The van der Waals surface area contributed by atoms with Gasteiger partial charge in [-0.05, 0) is 11.1 Å². The third kappa shape index (κ3) is 6.42. The summed E-state index contributed by atoms with van der Waals surface area (Å²) in [7, 11) is 0. The number of aliphatic hydroxyl groups is 1. The SMILES string of the molecule is NCC(=O)N(C[C@H]1O[C@@H](n2ccc(=O)[nH]c2=O)[C@H](O)[C@@H]1OCc1ccccc1)C(=O)OCc1ccccc1. The summed E-state index contributed by atoms with van der Waals surface area (Å²) in [5.74, 6) is -0.729. The van der Waals surface area contributed by atoms with Crippen LogP contribution in [0.1, 0.15) is 17.4 Å².